The third-order valence-corrected chi connectivity index (χ3v) is 10.5. The Morgan fingerprint density at radius 3 is 1.09 bits per heavy atom. The molecule has 0 aromatic rings. The average molecular weight is 643 g/mol. The summed E-state index contributed by atoms with van der Waals surface area (Å²) in [5.74, 6) is -4.90. The van der Waals surface area contributed by atoms with E-state index in [1.807, 2.05) is 0 Å². The van der Waals surface area contributed by atoms with Crippen LogP contribution in [0.1, 0.15) is 195 Å². The van der Waals surface area contributed by atoms with Crippen LogP contribution in [0.15, 0.2) is 0 Å². The molecule has 0 fully saturated rings. The number of carboxylic acid groups (broad SMARTS) is 2. The maximum atomic E-state index is 12.4. The first kappa shape index (κ1) is 45.0. The second-order valence-corrected chi connectivity index (χ2v) is 14.3. The van der Waals surface area contributed by atoms with Crippen LogP contribution in [0.25, 0.3) is 0 Å². The fourth-order valence-electron chi connectivity index (χ4n) is 6.18. The zero-order valence-electron chi connectivity index (χ0n) is 29.3. The van der Waals surface area contributed by atoms with E-state index in [0.717, 1.165) is 51.4 Å². The van der Waals surface area contributed by atoms with Crippen LogP contribution in [0.3, 0.4) is 0 Å². The molecule has 0 aliphatic heterocycles. The van der Waals surface area contributed by atoms with Gasteiger partial charge in [0.05, 0.1) is 5.92 Å². The Morgan fingerprint density at radius 1 is 0.558 bits per heavy atom. The fraction of sp³-hybridized carbons (Fsp3) is 0.941. The minimum Gasteiger partial charge on any atom is -1.00 e. The van der Waals surface area contributed by atoms with E-state index in [9.17, 15) is 32.8 Å². The summed E-state index contributed by atoms with van der Waals surface area (Å²) in [7, 11) is -5.13. The number of hydrogen-bond donors (Lipinski definition) is 3. The molecule has 0 aliphatic rings. The standard InChI is InChI=1S/C34H66O7S.Na.H/c1-3-5-7-9-11-13-15-17-19-21-23-25-27-29-31(32(35)36)34(33(37)38,42(39,40)41)30-28-26-24-22-20-18-16-14-12-10-8-6-4-2;;/h31H,3-30H2,1-2H3,(H,35,36)(H,37,38)(H,39,40,41);;/q;+1;-1. The van der Waals surface area contributed by atoms with Crippen molar-refractivity contribution in [3.8, 4) is 0 Å². The van der Waals surface area contributed by atoms with E-state index in [1.165, 1.54) is 96.3 Å². The van der Waals surface area contributed by atoms with Crippen molar-refractivity contribution >= 4 is 22.1 Å². The van der Waals surface area contributed by atoms with Gasteiger partial charge in [-0.05, 0) is 12.8 Å². The molecule has 0 heterocycles. The molecule has 0 spiro atoms. The Morgan fingerprint density at radius 2 is 0.837 bits per heavy atom. The monoisotopic (exact) mass is 642 g/mol. The first-order valence-corrected chi connectivity index (χ1v) is 19.0. The number of carboxylic acids is 2. The molecule has 0 radical (unpaired) electrons. The van der Waals surface area contributed by atoms with Crippen LogP contribution in [0, 0.1) is 5.92 Å². The Hall–Kier alpha value is -0.150. The second kappa shape index (κ2) is 29.3. The van der Waals surface area contributed by atoms with Crippen LogP contribution < -0.4 is 29.6 Å². The molecule has 0 bridgehead atoms. The average Bonchev–Trinajstić information content (AvgIpc) is 2.93. The SMILES string of the molecule is CCCCCCCCCCCCCCCC(C(=O)O)C(CCCCCCCCCCCCCCC)(C(=O)O)S(=O)(=O)O.[H-].[Na+]. The van der Waals surface area contributed by atoms with Gasteiger partial charge in [-0.15, -0.1) is 0 Å². The number of hydrogen-bond acceptors (Lipinski definition) is 4. The molecular weight excluding hydrogens is 575 g/mol. The van der Waals surface area contributed by atoms with Gasteiger partial charge in [0, 0.05) is 0 Å². The van der Waals surface area contributed by atoms with Crippen molar-refractivity contribution in [3.05, 3.63) is 0 Å². The van der Waals surface area contributed by atoms with Crippen LogP contribution >= 0.6 is 0 Å². The van der Waals surface area contributed by atoms with Gasteiger partial charge in [0.15, 0.2) is 0 Å². The van der Waals surface area contributed by atoms with Gasteiger partial charge in [-0.3, -0.25) is 14.1 Å². The molecular formula is C34H67NaO7S. The summed E-state index contributed by atoms with van der Waals surface area (Å²) in [5, 5.41) is 19.8. The Kier molecular flexibility index (Phi) is 30.6. The van der Waals surface area contributed by atoms with Crippen molar-refractivity contribution < 1.29 is 63.8 Å². The van der Waals surface area contributed by atoms with E-state index in [4.69, 9.17) is 0 Å². The van der Waals surface area contributed by atoms with Gasteiger partial charge < -0.3 is 11.6 Å². The van der Waals surface area contributed by atoms with Crippen LogP contribution in [-0.2, 0) is 19.7 Å². The molecule has 0 amide bonds. The molecule has 0 aromatic carbocycles. The largest absolute Gasteiger partial charge is 1.00 e. The molecule has 2 unspecified atom stereocenters. The Bertz CT molecular complexity index is 782. The third-order valence-electron chi connectivity index (χ3n) is 8.93. The predicted octanol–water partition coefficient (Wildman–Crippen LogP) is 7.48. The van der Waals surface area contributed by atoms with E-state index >= 15 is 0 Å². The van der Waals surface area contributed by atoms with Gasteiger partial charge in [-0.25, -0.2) is 0 Å². The summed E-state index contributed by atoms with van der Waals surface area (Å²) in [5.41, 5.74) is 0. The van der Waals surface area contributed by atoms with E-state index in [-0.39, 0.29) is 50.2 Å². The molecule has 2 atom stereocenters. The van der Waals surface area contributed by atoms with Gasteiger partial charge in [-0.2, -0.15) is 8.42 Å². The zero-order valence-corrected chi connectivity index (χ0v) is 31.1. The number of rotatable bonds is 32. The van der Waals surface area contributed by atoms with Crippen LogP contribution in [-0.4, -0.2) is 39.9 Å². The summed E-state index contributed by atoms with van der Waals surface area (Å²) in [4.78, 5) is 24.4. The Balaban J connectivity index is -0.00000840. The minimum absolute atomic E-state index is 0. The number of carbonyl (C=O) groups is 2. The summed E-state index contributed by atoms with van der Waals surface area (Å²) < 4.78 is 32.2. The summed E-state index contributed by atoms with van der Waals surface area (Å²) >= 11 is 0. The maximum Gasteiger partial charge on any atom is 1.00 e. The summed E-state index contributed by atoms with van der Waals surface area (Å²) in [6.45, 7) is 4.44. The van der Waals surface area contributed by atoms with Crippen LogP contribution in [0.5, 0.6) is 0 Å². The van der Waals surface area contributed by atoms with Crippen LogP contribution in [0.2, 0.25) is 0 Å². The van der Waals surface area contributed by atoms with E-state index in [0.29, 0.717) is 12.8 Å². The number of unbranched alkanes of at least 4 members (excludes halogenated alkanes) is 24. The van der Waals surface area contributed by atoms with Gasteiger partial charge in [0.1, 0.15) is 0 Å². The molecule has 0 rings (SSSR count). The predicted molar refractivity (Wildman–Crippen MR) is 175 cm³/mol. The van der Waals surface area contributed by atoms with Gasteiger partial charge in [-0.1, -0.05) is 181 Å². The molecule has 43 heavy (non-hydrogen) atoms. The normalized spacial score (nSPS) is 13.7. The first-order chi connectivity index (χ1) is 20.1. The van der Waals surface area contributed by atoms with Crippen molar-refractivity contribution in [2.24, 2.45) is 5.92 Å². The molecule has 0 aliphatic carbocycles. The number of aliphatic carboxylic acids is 2. The quantitative estimate of drug-likeness (QED) is 0.0394. The fourth-order valence-corrected chi connectivity index (χ4v) is 7.38. The van der Waals surface area contributed by atoms with Crippen molar-refractivity contribution in [1.29, 1.82) is 0 Å². The van der Waals surface area contributed by atoms with Crippen molar-refractivity contribution in [2.75, 3.05) is 0 Å². The minimum atomic E-state index is -5.13. The van der Waals surface area contributed by atoms with E-state index in [1.54, 1.807) is 0 Å². The molecule has 9 heteroatoms. The molecule has 0 saturated carbocycles. The van der Waals surface area contributed by atoms with Crippen molar-refractivity contribution in [3.63, 3.8) is 0 Å². The summed E-state index contributed by atoms with van der Waals surface area (Å²) in [6, 6.07) is 0. The smallest absolute Gasteiger partial charge is 1.00 e. The third kappa shape index (κ3) is 21.3. The molecule has 252 valence electrons. The van der Waals surface area contributed by atoms with Crippen molar-refractivity contribution in [1.82, 2.24) is 0 Å². The maximum absolute atomic E-state index is 12.4. The van der Waals surface area contributed by atoms with E-state index in [2.05, 4.69) is 13.8 Å². The zero-order chi connectivity index (χ0) is 31.5. The molecule has 7 nitrogen and oxygen atoms in total. The van der Waals surface area contributed by atoms with Gasteiger partial charge >= 0.3 is 41.5 Å². The molecule has 0 saturated heterocycles. The first-order valence-electron chi connectivity index (χ1n) is 17.6. The van der Waals surface area contributed by atoms with E-state index < -0.39 is 32.7 Å². The summed E-state index contributed by atoms with van der Waals surface area (Å²) in [6.07, 6.45) is 27.9. The topological polar surface area (TPSA) is 129 Å². The van der Waals surface area contributed by atoms with Gasteiger partial charge in [0.25, 0.3) is 10.1 Å². The van der Waals surface area contributed by atoms with Crippen LogP contribution in [0.4, 0.5) is 0 Å². The van der Waals surface area contributed by atoms with Crippen molar-refractivity contribution in [2.45, 2.75) is 198 Å². The molecule has 3 N–H and O–H groups in total. The Labute approximate surface area is 288 Å². The van der Waals surface area contributed by atoms with Gasteiger partial charge in [0.2, 0.25) is 4.75 Å². The molecule has 0 aromatic heterocycles. The second-order valence-electron chi connectivity index (χ2n) is 12.6.